The average molecular weight is 316 g/mol. The molecule has 0 bridgehead atoms. The second kappa shape index (κ2) is 6.28. The van der Waals surface area contributed by atoms with Crippen molar-refractivity contribution in [1.29, 1.82) is 0 Å². The second-order valence-electron chi connectivity index (χ2n) is 5.57. The summed E-state index contributed by atoms with van der Waals surface area (Å²) in [5.41, 5.74) is 3.99. The van der Waals surface area contributed by atoms with E-state index in [0.29, 0.717) is 6.07 Å². The Hall–Kier alpha value is -0.850. The van der Waals surface area contributed by atoms with Gasteiger partial charge in [0.2, 0.25) is 0 Å². The predicted octanol–water partition coefficient (Wildman–Crippen LogP) is 3.67. The third-order valence-electron chi connectivity index (χ3n) is 2.91. The van der Waals surface area contributed by atoms with Gasteiger partial charge in [-0.05, 0) is 23.1 Å². The van der Waals surface area contributed by atoms with Crippen molar-refractivity contribution in [3.8, 4) is 0 Å². The molecule has 0 aliphatic rings. The number of hydrogen-bond acceptors (Lipinski definition) is 2. The first kappa shape index (κ1) is 19.1. The highest BCUT2D eigenvalue weighted by Crippen LogP contribution is 2.34. The Labute approximate surface area is 121 Å². The fraction of sp³-hybridized carbons (Fsp3) is 0.538. The van der Waals surface area contributed by atoms with Crippen LogP contribution in [0.2, 0.25) is 0 Å². The van der Waals surface area contributed by atoms with E-state index < -0.39 is 35.1 Å². The molecule has 2 nitrogen and oxygen atoms in total. The van der Waals surface area contributed by atoms with E-state index in [9.17, 15) is 22.7 Å². The smallest absolute Gasteiger partial charge is 0.391 e. The van der Waals surface area contributed by atoms with Gasteiger partial charge in [0.05, 0.1) is 17.7 Å². The van der Waals surface area contributed by atoms with Crippen LogP contribution in [0.25, 0.3) is 0 Å². The maximum absolute atomic E-state index is 13.4. The number of rotatable bonds is 2. The first-order valence-electron chi connectivity index (χ1n) is 5.75. The van der Waals surface area contributed by atoms with Gasteiger partial charge in [0.15, 0.2) is 0 Å². The monoisotopic (exact) mass is 315 g/mol. The summed E-state index contributed by atoms with van der Waals surface area (Å²) in [6, 6.07) is 1.50. The van der Waals surface area contributed by atoms with E-state index in [4.69, 9.17) is 5.73 Å². The first-order valence-corrected chi connectivity index (χ1v) is 5.75. The standard InChI is InChI=1S/C13H17F4NO.ClH/c1-12(2,3)11(19)10(18)7-4-5-8(9(14)6-7)13(15,16)17;/h4-6,10-11,19H,18H2,1-3H3;1H/t10-,11-;/m0./s1. The molecular formula is C13H18ClF4NO. The lowest BCUT2D eigenvalue weighted by Crippen LogP contribution is -2.37. The topological polar surface area (TPSA) is 46.2 Å². The van der Waals surface area contributed by atoms with E-state index in [1.807, 2.05) is 0 Å². The summed E-state index contributed by atoms with van der Waals surface area (Å²) < 4.78 is 50.6. The van der Waals surface area contributed by atoms with Crippen LogP contribution < -0.4 is 5.73 Å². The normalized spacial score (nSPS) is 15.4. The summed E-state index contributed by atoms with van der Waals surface area (Å²) in [7, 11) is 0. The molecule has 1 aromatic carbocycles. The van der Waals surface area contributed by atoms with Crippen LogP contribution in [-0.2, 0) is 6.18 Å². The summed E-state index contributed by atoms with van der Waals surface area (Å²) in [6.45, 7) is 5.20. The van der Waals surface area contributed by atoms with Crippen LogP contribution in [0.15, 0.2) is 18.2 Å². The molecule has 116 valence electrons. The maximum Gasteiger partial charge on any atom is 0.419 e. The van der Waals surface area contributed by atoms with Crippen molar-refractivity contribution in [2.75, 3.05) is 0 Å². The lowest BCUT2D eigenvalue weighted by molar-refractivity contribution is -0.140. The minimum Gasteiger partial charge on any atom is -0.391 e. The first-order chi connectivity index (χ1) is 8.44. The van der Waals surface area contributed by atoms with Gasteiger partial charge in [0.1, 0.15) is 5.82 Å². The Morgan fingerprint density at radius 3 is 2.00 bits per heavy atom. The number of hydrogen-bond donors (Lipinski definition) is 2. The van der Waals surface area contributed by atoms with Crippen molar-refractivity contribution in [2.24, 2.45) is 11.1 Å². The number of nitrogens with two attached hydrogens (primary N) is 1. The van der Waals surface area contributed by atoms with Crippen molar-refractivity contribution in [3.63, 3.8) is 0 Å². The Morgan fingerprint density at radius 2 is 1.65 bits per heavy atom. The zero-order valence-electron chi connectivity index (χ0n) is 11.3. The van der Waals surface area contributed by atoms with Crippen LogP contribution in [0.4, 0.5) is 17.6 Å². The average Bonchev–Trinajstić information content (AvgIpc) is 2.23. The Kier molecular flexibility index (Phi) is 6.02. The number of halogens is 5. The second-order valence-corrected chi connectivity index (χ2v) is 5.57. The van der Waals surface area contributed by atoms with Crippen LogP contribution >= 0.6 is 12.4 Å². The SMILES string of the molecule is CC(C)(C)[C@@H](O)[C@@H](N)c1ccc(C(F)(F)F)c(F)c1.Cl. The van der Waals surface area contributed by atoms with Crippen molar-refractivity contribution >= 4 is 12.4 Å². The Morgan fingerprint density at radius 1 is 1.15 bits per heavy atom. The molecule has 0 fully saturated rings. The lowest BCUT2D eigenvalue weighted by atomic mass is 9.82. The zero-order chi connectivity index (χ0) is 15.0. The fourth-order valence-corrected chi connectivity index (χ4v) is 1.69. The molecule has 0 heterocycles. The van der Waals surface area contributed by atoms with Crippen molar-refractivity contribution in [2.45, 2.75) is 39.1 Å². The van der Waals surface area contributed by atoms with Gasteiger partial charge < -0.3 is 10.8 Å². The van der Waals surface area contributed by atoms with E-state index in [1.54, 1.807) is 20.8 Å². The molecule has 0 radical (unpaired) electrons. The van der Waals surface area contributed by atoms with Crippen LogP contribution in [0, 0.1) is 11.2 Å². The quantitative estimate of drug-likeness (QED) is 0.818. The highest BCUT2D eigenvalue weighted by Gasteiger charge is 2.35. The van der Waals surface area contributed by atoms with E-state index in [0.717, 1.165) is 12.1 Å². The number of alkyl halides is 3. The molecule has 20 heavy (non-hydrogen) atoms. The summed E-state index contributed by atoms with van der Waals surface area (Å²) in [6.07, 6.45) is -5.74. The zero-order valence-corrected chi connectivity index (χ0v) is 12.1. The molecule has 0 spiro atoms. The predicted molar refractivity (Wildman–Crippen MR) is 71.0 cm³/mol. The Balaban J connectivity index is 0.00000361. The summed E-state index contributed by atoms with van der Waals surface area (Å²) in [5.74, 6) is -1.39. The molecule has 0 saturated carbocycles. The molecule has 0 aromatic heterocycles. The van der Waals surface area contributed by atoms with Gasteiger partial charge in [-0.25, -0.2) is 4.39 Å². The molecular weight excluding hydrogens is 298 g/mol. The minimum absolute atomic E-state index is 0. The molecule has 0 saturated heterocycles. The molecule has 1 aromatic rings. The summed E-state index contributed by atoms with van der Waals surface area (Å²) in [5, 5.41) is 9.96. The van der Waals surface area contributed by atoms with Crippen LogP contribution in [-0.4, -0.2) is 11.2 Å². The molecule has 0 amide bonds. The maximum atomic E-state index is 13.4. The molecule has 1 rings (SSSR count). The van der Waals surface area contributed by atoms with Crippen molar-refractivity contribution < 1.29 is 22.7 Å². The van der Waals surface area contributed by atoms with Crippen LogP contribution in [0.5, 0.6) is 0 Å². The van der Waals surface area contributed by atoms with Gasteiger partial charge in [-0.1, -0.05) is 26.8 Å². The molecule has 7 heteroatoms. The summed E-state index contributed by atoms with van der Waals surface area (Å²) in [4.78, 5) is 0. The molecule has 0 aliphatic carbocycles. The largest absolute Gasteiger partial charge is 0.419 e. The van der Waals surface area contributed by atoms with Gasteiger partial charge in [-0.15, -0.1) is 12.4 Å². The number of aliphatic hydroxyl groups excluding tert-OH is 1. The lowest BCUT2D eigenvalue weighted by Gasteiger charge is -2.31. The molecule has 3 N–H and O–H groups in total. The summed E-state index contributed by atoms with van der Waals surface area (Å²) >= 11 is 0. The van der Waals surface area contributed by atoms with Crippen molar-refractivity contribution in [3.05, 3.63) is 35.1 Å². The van der Waals surface area contributed by atoms with E-state index in [2.05, 4.69) is 0 Å². The third kappa shape index (κ3) is 4.33. The van der Waals surface area contributed by atoms with E-state index >= 15 is 0 Å². The van der Waals surface area contributed by atoms with Gasteiger partial charge >= 0.3 is 6.18 Å². The van der Waals surface area contributed by atoms with Crippen molar-refractivity contribution in [1.82, 2.24) is 0 Å². The van der Waals surface area contributed by atoms with Gasteiger partial charge in [-0.3, -0.25) is 0 Å². The van der Waals surface area contributed by atoms with Gasteiger partial charge in [-0.2, -0.15) is 13.2 Å². The third-order valence-corrected chi connectivity index (χ3v) is 2.91. The minimum atomic E-state index is -4.74. The Bertz CT molecular complexity index is 457. The van der Waals surface area contributed by atoms with E-state index in [1.165, 1.54) is 0 Å². The highest BCUT2D eigenvalue weighted by molar-refractivity contribution is 5.85. The van der Waals surface area contributed by atoms with Gasteiger partial charge in [0.25, 0.3) is 0 Å². The van der Waals surface area contributed by atoms with Crippen LogP contribution in [0.1, 0.15) is 37.9 Å². The van der Waals surface area contributed by atoms with Crippen LogP contribution in [0.3, 0.4) is 0 Å². The van der Waals surface area contributed by atoms with Gasteiger partial charge in [0, 0.05) is 0 Å². The molecule has 0 unspecified atom stereocenters. The van der Waals surface area contributed by atoms with E-state index in [-0.39, 0.29) is 18.0 Å². The number of benzene rings is 1. The molecule has 0 aliphatic heterocycles. The molecule has 2 atom stereocenters. The number of aliphatic hydroxyl groups is 1. The fourth-order valence-electron chi connectivity index (χ4n) is 1.69. The highest BCUT2D eigenvalue weighted by atomic mass is 35.5.